The van der Waals surface area contributed by atoms with Crippen LogP contribution in [0.4, 0.5) is 4.39 Å². The molecule has 6 heteroatoms. The number of nitrogens with one attached hydrogen (secondary N) is 1. The van der Waals surface area contributed by atoms with Crippen LogP contribution in [0.25, 0.3) is 16.5 Å². The Balaban J connectivity index is 1.88. The van der Waals surface area contributed by atoms with Gasteiger partial charge in [0.2, 0.25) is 0 Å². The zero-order valence-corrected chi connectivity index (χ0v) is 15.5. The number of hydrogen-bond donors (Lipinski definition) is 2. The van der Waals surface area contributed by atoms with Crippen molar-refractivity contribution in [2.45, 2.75) is 19.3 Å². The van der Waals surface area contributed by atoms with Gasteiger partial charge in [0.05, 0.1) is 12.6 Å². The number of H-pyrrole nitrogens is 1. The summed E-state index contributed by atoms with van der Waals surface area (Å²) in [6.07, 6.45) is 8.75. The Labute approximate surface area is 161 Å². The van der Waals surface area contributed by atoms with Crippen LogP contribution in [0.15, 0.2) is 48.6 Å². The number of rotatable bonds is 5. The van der Waals surface area contributed by atoms with E-state index in [1.54, 1.807) is 18.2 Å². The van der Waals surface area contributed by atoms with Gasteiger partial charge in [0, 0.05) is 29.3 Å². The van der Waals surface area contributed by atoms with E-state index in [1.165, 1.54) is 13.2 Å². The Bertz CT molecular complexity index is 1130. The Kier molecular flexibility index (Phi) is 4.69. The lowest BCUT2D eigenvalue weighted by atomic mass is 9.97. The van der Waals surface area contributed by atoms with Crippen LogP contribution in [0.1, 0.15) is 40.3 Å². The van der Waals surface area contributed by atoms with Crippen molar-refractivity contribution >= 4 is 22.4 Å². The van der Waals surface area contributed by atoms with Crippen LogP contribution >= 0.6 is 0 Å². The summed E-state index contributed by atoms with van der Waals surface area (Å²) in [4.78, 5) is 19.2. The summed E-state index contributed by atoms with van der Waals surface area (Å²) >= 11 is 0. The van der Waals surface area contributed by atoms with E-state index in [4.69, 9.17) is 10.5 Å². The highest BCUT2D eigenvalue weighted by atomic mass is 19.1. The number of aromatic nitrogens is 2. The monoisotopic (exact) mass is 377 g/mol. The highest BCUT2D eigenvalue weighted by Gasteiger charge is 2.18. The fourth-order valence-electron chi connectivity index (χ4n) is 3.53. The van der Waals surface area contributed by atoms with Gasteiger partial charge in [0.25, 0.3) is 5.91 Å². The second-order valence-corrected chi connectivity index (χ2v) is 6.71. The lowest BCUT2D eigenvalue weighted by molar-refractivity contribution is 0.0995. The first-order valence-electron chi connectivity index (χ1n) is 9.07. The predicted octanol–water partition coefficient (Wildman–Crippen LogP) is 4.13. The lowest BCUT2D eigenvalue weighted by Gasteiger charge is -2.09. The van der Waals surface area contributed by atoms with Crippen LogP contribution in [0, 0.1) is 5.82 Å². The van der Waals surface area contributed by atoms with E-state index in [2.05, 4.69) is 28.2 Å². The topological polar surface area (TPSA) is 81.0 Å². The SMILES string of the molecule is COc1cc2[nH]c(C3=CCCC=C3)c(Cc3cccc(C(N)=O)n3)c2cc1F. The normalized spacial score (nSPS) is 13.6. The van der Waals surface area contributed by atoms with Crippen molar-refractivity contribution in [1.82, 2.24) is 9.97 Å². The van der Waals surface area contributed by atoms with Gasteiger partial charge in [0.15, 0.2) is 11.6 Å². The van der Waals surface area contributed by atoms with Gasteiger partial charge in [-0.25, -0.2) is 9.37 Å². The quantitative estimate of drug-likeness (QED) is 0.701. The molecule has 4 rings (SSSR count). The molecular weight excluding hydrogens is 357 g/mol. The van der Waals surface area contributed by atoms with Gasteiger partial charge in [0.1, 0.15) is 5.69 Å². The van der Waals surface area contributed by atoms with E-state index >= 15 is 0 Å². The molecule has 3 aromatic rings. The number of methoxy groups -OCH3 is 1. The minimum absolute atomic E-state index is 0.189. The van der Waals surface area contributed by atoms with Crippen molar-refractivity contribution in [2.24, 2.45) is 5.73 Å². The number of carbonyl (C=O) groups excluding carboxylic acids is 1. The number of nitrogens with two attached hydrogens (primary N) is 1. The minimum atomic E-state index is -0.574. The first-order valence-corrected chi connectivity index (χ1v) is 9.07. The third kappa shape index (κ3) is 3.29. The highest BCUT2D eigenvalue weighted by molar-refractivity contribution is 5.93. The first-order chi connectivity index (χ1) is 13.6. The molecule has 0 bridgehead atoms. The molecule has 1 amide bonds. The van der Waals surface area contributed by atoms with Crippen LogP contribution < -0.4 is 10.5 Å². The molecule has 0 spiro atoms. The molecule has 3 N–H and O–H groups in total. The third-order valence-electron chi connectivity index (χ3n) is 4.88. The van der Waals surface area contributed by atoms with Crippen molar-refractivity contribution in [3.63, 3.8) is 0 Å². The number of nitrogens with zero attached hydrogens (tertiary/aromatic N) is 1. The third-order valence-corrected chi connectivity index (χ3v) is 4.88. The summed E-state index contributed by atoms with van der Waals surface area (Å²) in [5.74, 6) is -0.808. The second kappa shape index (κ2) is 7.31. The van der Waals surface area contributed by atoms with Crippen molar-refractivity contribution in [1.29, 1.82) is 0 Å². The first kappa shape index (κ1) is 18.0. The minimum Gasteiger partial charge on any atom is -0.494 e. The number of primary amides is 1. The number of fused-ring (bicyclic) bond motifs is 1. The number of benzene rings is 1. The highest BCUT2D eigenvalue weighted by Crippen LogP contribution is 2.34. The second-order valence-electron chi connectivity index (χ2n) is 6.71. The summed E-state index contributed by atoms with van der Waals surface area (Å²) in [6, 6.07) is 8.31. The molecule has 1 aliphatic rings. The molecule has 2 heterocycles. The van der Waals surface area contributed by atoms with Crippen molar-refractivity contribution < 1.29 is 13.9 Å². The number of carbonyl (C=O) groups is 1. The number of pyridine rings is 1. The van der Waals surface area contributed by atoms with Gasteiger partial charge in [-0.05, 0) is 42.2 Å². The maximum atomic E-state index is 14.4. The zero-order chi connectivity index (χ0) is 19.7. The van der Waals surface area contributed by atoms with Crippen LogP contribution in [0.3, 0.4) is 0 Å². The smallest absolute Gasteiger partial charge is 0.267 e. The van der Waals surface area contributed by atoms with E-state index in [1.807, 2.05) is 6.07 Å². The molecule has 0 atom stereocenters. The fourth-order valence-corrected chi connectivity index (χ4v) is 3.53. The summed E-state index contributed by atoms with van der Waals surface area (Å²) in [5.41, 5.74) is 9.94. The summed E-state index contributed by atoms with van der Waals surface area (Å²) < 4.78 is 19.5. The lowest BCUT2D eigenvalue weighted by Crippen LogP contribution is -2.13. The van der Waals surface area contributed by atoms with E-state index < -0.39 is 11.7 Å². The Hall–Kier alpha value is -3.41. The number of amides is 1. The van der Waals surface area contributed by atoms with Crippen LogP contribution in [0.5, 0.6) is 5.75 Å². The predicted molar refractivity (Wildman–Crippen MR) is 107 cm³/mol. The molecular formula is C22H20FN3O2. The molecule has 142 valence electrons. The molecule has 0 unspecified atom stereocenters. The van der Waals surface area contributed by atoms with E-state index in [0.29, 0.717) is 12.1 Å². The Morgan fingerprint density at radius 3 is 2.89 bits per heavy atom. The standard InChI is InChI=1S/C22H20FN3O2/c1-28-20-12-19-15(11-17(20)23)16(21(26-19)13-6-3-2-4-7-13)10-14-8-5-9-18(25-14)22(24)27/h3,5-9,11-12,26H,2,4,10H2,1H3,(H2,24,27). The van der Waals surface area contributed by atoms with Crippen molar-refractivity contribution in [3.05, 3.63) is 77.0 Å². The average molecular weight is 377 g/mol. The fraction of sp³-hybridized carbons (Fsp3) is 0.182. The molecule has 0 saturated carbocycles. The van der Waals surface area contributed by atoms with Gasteiger partial charge < -0.3 is 15.5 Å². The molecule has 0 aliphatic heterocycles. The van der Waals surface area contributed by atoms with Gasteiger partial charge in [-0.2, -0.15) is 0 Å². The van der Waals surface area contributed by atoms with Crippen LogP contribution in [0.2, 0.25) is 0 Å². The number of allylic oxidation sites excluding steroid dienone is 4. The number of hydrogen-bond acceptors (Lipinski definition) is 3. The summed E-state index contributed by atoms with van der Waals surface area (Å²) in [7, 11) is 1.45. The molecule has 2 aromatic heterocycles. The Morgan fingerprint density at radius 2 is 2.18 bits per heavy atom. The van der Waals surface area contributed by atoms with Gasteiger partial charge >= 0.3 is 0 Å². The maximum absolute atomic E-state index is 14.4. The summed E-state index contributed by atoms with van der Waals surface area (Å²) in [5, 5.41) is 0.763. The van der Waals surface area contributed by atoms with Crippen LogP contribution in [-0.4, -0.2) is 23.0 Å². The molecule has 0 saturated heterocycles. The molecule has 0 radical (unpaired) electrons. The van der Waals surface area contributed by atoms with Gasteiger partial charge in [-0.3, -0.25) is 4.79 Å². The molecule has 28 heavy (non-hydrogen) atoms. The summed E-state index contributed by atoms with van der Waals surface area (Å²) in [6.45, 7) is 0. The van der Waals surface area contributed by atoms with E-state index in [0.717, 1.165) is 40.6 Å². The number of halogens is 1. The van der Waals surface area contributed by atoms with E-state index in [-0.39, 0.29) is 11.4 Å². The van der Waals surface area contributed by atoms with E-state index in [9.17, 15) is 9.18 Å². The molecule has 0 fully saturated rings. The van der Waals surface area contributed by atoms with Crippen LogP contribution in [-0.2, 0) is 6.42 Å². The van der Waals surface area contributed by atoms with Gasteiger partial charge in [-0.15, -0.1) is 0 Å². The number of aromatic amines is 1. The maximum Gasteiger partial charge on any atom is 0.267 e. The molecule has 1 aromatic carbocycles. The van der Waals surface area contributed by atoms with Gasteiger partial charge in [-0.1, -0.05) is 24.3 Å². The zero-order valence-electron chi connectivity index (χ0n) is 15.5. The molecule has 1 aliphatic carbocycles. The van der Waals surface area contributed by atoms with Crippen molar-refractivity contribution in [3.8, 4) is 5.75 Å². The Morgan fingerprint density at radius 1 is 1.32 bits per heavy atom. The van der Waals surface area contributed by atoms with Crippen molar-refractivity contribution in [2.75, 3.05) is 7.11 Å². The average Bonchev–Trinajstić information content (AvgIpc) is 3.05. The largest absolute Gasteiger partial charge is 0.494 e. The molecule has 5 nitrogen and oxygen atoms in total. The number of ether oxygens (including phenoxy) is 1.